The van der Waals surface area contributed by atoms with Crippen LogP contribution in [-0.4, -0.2) is 59.0 Å². The van der Waals surface area contributed by atoms with Gasteiger partial charge in [0, 0.05) is 51.3 Å². The average molecular weight is 499 g/mol. The van der Waals surface area contributed by atoms with Crippen molar-refractivity contribution in [3.63, 3.8) is 0 Å². The van der Waals surface area contributed by atoms with Gasteiger partial charge >= 0.3 is 0 Å². The summed E-state index contributed by atoms with van der Waals surface area (Å²) in [6.45, 7) is 7.47. The zero-order valence-electron chi connectivity index (χ0n) is 21.7. The van der Waals surface area contributed by atoms with Gasteiger partial charge in [0.1, 0.15) is 5.82 Å². The summed E-state index contributed by atoms with van der Waals surface area (Å²) in [6, 6.07) is 22.2. The largest absolute Gasteiger partial charge is 0.381 e. The summed E-state index contributed by atoms with van der Waals surface area (Å²) in [7, 11) is 1.83. The Bertz CT molecular complexity index is 1350. The number of aryl methyl sites for hydroxylation is 1. The van der Waals surface area contributed by atoms with E-state index < -0.39 is 0 Å². The second kappa shape index (κ2) is 10.4. The third-order valence-corrected chi connectivity index (χ3v) is 8.23. The Balaban J connectivity index is 1.30. The molecule has 0 amide bonds. The molecule has 5 nitrogen and oxygen atoms in total. The van der Waals surface area contributed by atoms with E-state index in [1.807, 2.05) is 18.0 Å². The average Bonchev–Trinajstić information content (AvgIpc) is 3.29. The Morgan fingerprint density at radius 1 is 1.00 bits per heavy atom. The van der Waals surface area contributed by atoms with Crippen LogP contribution >= 0.6 is 0 Å². The van der Waals surface area contributed by atoms with E-state index in [9.17, 15) is 4.39 Å². The first-order valence-electron chi connectivity index (χ1n) is 13.3. The van der Waals surface area contributed by atoms with Crippen molar-refractivity contribution in [3.8, 4) is 5.69 Å². The fourth-order valence-corrected chi connectivity index (χ4v) is 6.07. The third-order valence-electron chi connectivity index (χ3n) is 8.23. The first-order chi connectivity index (χ1) is 18.1. The van der Waals surface area contributed by atoms with Gasteiger partial charge in [0.05, 0.1) is 23.5 Å². The van der Waals surface area contributed by atoms with Crippen LogP contribution < -0.4 is 0 Å². The van der Waals surface area contributed by atoms with E-state index in [0.29, 0.717) is 18.1 Å². The van der Waals surface area contributed by atoms with Crippen LogP contribution in [0, 0.1) is 18.7 Å². The number of hydrogen-bond acceptors (Lipinski definition) is 4. The van der Waals surface area contributed by atoms with Crippen LogP contribution in [0.2, 0.25) is 0 Å². The second-order valence-corrected chi connectivity index (χ2v) is 10.7. The fraction of sp³-hybridized carbons (Fsp3) is 0.387. The summed E-state index contributed by atoms with van der Waals surface area (Å²) in [5.74, 6) is 0.470. The van der Waals surface area contributed by atoms with E-state index in [1.165, 1.54) is 28.8 Å². The van der Waals surface area contributed by atoms with Crippen molar-refractivity contribution < 1.29 is 9.13 Å². The molecule has 1 saturated heterocycles. The standard InChI is InChI=1S/C31H35FN4O/c1-22-14-30-25(18-33-36(30)27-10-8-26(32)9-11-27)17-29(22)31-21-34(19-23-6-4-3-5-7-23)12-13-35(31)20-24-15-28(16-24)37-2/h3-11,14,17-18,24,28,31H,12-13,15-16,19-21H2,1-2H3/t24?,28?,31-/m1/s1. The van der Waals surface area contributed by atoms with Gasteiger partial charge in [0.2, 0.25) is 0 Å². The summed E-state index contributed by atoms with van der Waals surface area (Å²) in [5.41, 5.74) is 5.94. The van der Waals surface area contributed by atoms with Gasteiger partial charge in [-0.1, -0.05) is 30.3 Å². The van der Waals surface area contributed by atoms with Gasteiger partial charge in [-0.05, 0) is 78.8 Å². The predicted octanol–water partition coefficient (Wildman–Crippen LogP) is 5.76. The molecule has 1 aliphatic heterocycles. The predicted molar refractivity (Wildman–Crippen MR) is 145 cm³/mol. The molecular formula is C31H35FN4O. The second-order valence-electron chi connectivity index (χ2n) is 10.7. The van der Waals surface area contributed by atoms with Crippen LogP contribution in [0.1, 0.15) is 35.6 Å². The molecule has 1 atom stereocenters. The molecule has 2 heterocycles. The van der Waals surface area contributed by atoms with Gasteiger partial charge in [-0.15, -0.1) is 0 Å². The number of methoxy groups -OCH3 is 1. The zero-order valence-corrected chi connectivity index (χ0v) is 21.7. The van der Waals surface area contributed by atoms with Crippen molar-refractivity contribution in [1.82, 2.24) is 19.6 Å². The van der Waals surface area contributed by atoms with Crippen molar-refractivity contribution in [2.24, 2.45) is 5.92 Å². The minimum absolute atomic E-state index is 0.237. The van der Waals surface area contributed by atoms with Crippen molar-refractivity contribution in [2.45, 2.75) is 38.5 Å². The number of aromatic nitrogens is 2. The maximum absolute atomic E-state index is 13.5. The van der Waals surface area contributed by atoms with Gasteiger partial charge in [-0.25, -0.2) is 9.07 Å². The van der Waals surface area contributed by atoms with Gasteiger partial charge in [0.25, 0.3) is 0 Å². The van der Waals surface area contributed by atoms with Crippen molar-refractivity contribution in [3.05, 3.63) is 95.4 Å². The maximum Gasteiger partial charge on any atom is 0.123 e. The van der Waals surface area contributed by atoms with Crippen molar-refractivity contribution in [2.75, 3.05) is 33.3 Å². The summed E-state index contributed by atoms with van der Waals surface area (Å²) in [4.78, 5) is 5.30. The fourth-order valence-electron chi connectivity index (χ4n) is 6.07. The molecule has 3 aromatic carbocycles. The van der Waals surface area contributed by atoms with E-state index in [4.69, 9.17) is 4.74 Å². The highest BCUT2D eigenvalue weighted by Crippen LogP contribution is 2.36. The molecule has 1 aliphatic carbocycles. The van der Waals surface area contributed by atoms with Gasteiger partial charge in [-0.3, -0.25) is 9.80 Å². The molecule has 2 fully saturated rings. The van der Waals surface area contributed by atoms with Crippen molar-refractivity contribution in [1.29, 1.82) is 0 Å². The Labute approximate surface area is 218 Å². The normalized spacial score (nSPS) is 22.8. The Morgan fingerprint density at radius 2 is 1.78 bits per heavy atom. The van der Waals surface area contributed by atoms with Crippen LogP contribution in [0.4, 0.5) is 4.39 Å². The van der Waals surface area contributed by atoms with Crippen molar-refractivity contribution >= 4 is 10.9 Å². The van der Waals surface area contributed by atoms with E-state index in [-0.39, 0.29) is 5.82 Å². The summed E-state index contributed by atoms with van der Waals surface area (Å²) < 4.78 is 21.0. The number of nitrogens with zero attached hydrogens (tertiary/aromatic N) is 4. The molecule has 2 aliphatic rings. The molecule has 1 aromatic heterocycles. The quantitative estimate of drug-likeness (QED) is 0.325. The molecule has 1 saturated carbocycles. The summed E-state index contributed by atoms with van der Waals surface area (Å²) >= 11 is 0. The molecular weight excluding hydrogens is 463 g/mol. The van der Waals surface area contributed by atoms with Crippen LogP contribution in [0.25, 0.3) is 16.6 Å². The lowest BCUT2D eigenvalue weighted by Gasteiger charge is -2.46. The van der Waals surface area contributed by atoms with E-state index in [2.05, 4.69) is 64.3 Å². The van der Waals surface area contributed by atoms with Gasteiger partial charge < -0.3 is 4.74 Å². The molecule has 192 valence electrons. The highest BCUT2D eigenvalue weighted by atomic mass is 19.1. The Kier molecular flexibility index (Phi) is 6.80. The van der Waals surface area contributed by atoms with Crippen LogP contribution in [-0.2, 0) is 11.3 Å². The number of ether oxygens (including phenoxy) is 1. The van der Waals surface area contributed by atoms with Gasteiger partial charge in [0.15, 0.2) is 0 Å². The molecule has 0 bridgehead atoms. The Hall–Kier alpha value is -3.06. The highest BCUT2D eigenvalue weighted by molar-refractivity contribution is 5.82. The lowest BCUT2D eigenvalue weighted by molar-refractivity contribution is -0.0271. The van der Waals surface area contributed by atoms with Gasteiger partial charge in [-0.2, -0.15) is 5.10 Å². The molecule has 6 rings (SSSR count). The number of rotatable bonds is 7. The van der Waals surface area contributed by atoms with E-state index >= 15 is 0 Å². The molecule has 37 heavy (non-hydrogen) atoms. The first kappa shape index (κ1) is 24.3. The SMILES string of the molecule is COC1CC(CN2CCN(Cc3ccccc3)C[C@@H]2c2cc3cnn(-c4ccc(F)cc4)c3cc2C)C1. The molecule has 4 aromatic rings. The monoisotopic (exact) mass is 498 g/mol. The number of hydrogen-bond donors (Lipinski definition) is 0. The molecule has 0 spiro atoms. The first-order valence-corrected chi connectivity index (χ1v) is 13.3. The lowest BCUT2D eigenvalue weighted by Crippen LogP contribution is -2.51. The third kappa shape index (κ3) is 5.06. The Morgan fingerprint density at radius 3 is 2.54 bits per heavy atom. The number of fused-ring (bicyclic) bond motifs is 1. The van der Waals surface area contributed by atoms with E-state index in [0.717, 1.165) is 62.2 Å². The number of benzene rings is 3. The number of halogens is 1. The zero-order chi connectivity index (χ0) is 25.4. The molecule has 0 N–H and O–H groups in total. The topological polar surface area (TPSA) is 33.5 Å². The maximum atomic E-state index is 13.5. The minimum Gasteiger partial charge on any atom is -0.381 e. The van der Waals surface area contributed by atoms with Crippen LogP contribution in [0.5, 0.6) is 0 Å². The molecule has 6 heteroatoms. The van der Waals surface area contributed by atoms with Crippen LogP contribution in [0.3, 0.4) is 0 Å². The lowest BCUT2D eigenvalue weighted by atomic mass is 9.81. The summed E-state index contributed by atoms with van der Waals surface area (Å²) in [5, 5.41) is 5.78. The number of piperazine rings is 1. The minimum atomic E-state index is -0.237. The highest BCUT2D eigenvalue weighted by Gasteiger charge is 2.35. The van der Waals surface area contributed by atoms with E-state index in [1.54, 1.807) is 12.1 Å². The summed E-state index contributed by atoms with van der Waals surface area (Å²) in [6.07, 6.45) is 4.69. The van der Waals surface area contributed by atoms with Crippen LogP contribution in [0.15, 0.2) is 72.9 Å². The smallest absolute Gasteiger partial charge is 0.123 e. The molecule has 0 radical (unpaired) electrons. The molecule has 0 unspecified atom stereocenters.